The zero-order valence-corrected chi connectivity index (χ0v) is 18.7. The maximum absolute atomic E-state index is 14.3. The molecule has 0 aliphatic carbocycles. The second kappa shape index (κ2) is 10.0. The SMILES string of the molecule is COc1cc(CC(=O)N2CCC(CCc3ccc4c(c3)CCOC4=O)CC2)c(F)cc1C#N. The Morgan fingerprint density at radius 1 is 1.27 bits per heavy atom. The first-order valence-electron chi connectivity index (χ1n) is 11.3. The van der Waals surface area contributed by atoms with Gasteiger partial charge in [-0.25, -0.2) is 9.18 Å². The third-order valence-electron chi connectivity index (χ3n) is 6.63. The van der Waals surface area contributed by atoms with Crippen molar-refractivity contribution >= 4 is 11.9 Å². The fourth-order valence-corrected chi connectivity index (χ4v) is 4.64. The Kier molecular flexibility index (Phi) is 6.93. The number of cyclic esters (lactones) is 1. The molecule has 2 aromatic carbocycles. The molecule has 2 aromatic rings. The Balaban J connectivity index is 1.28. The van der Waals surface area contributed by atoms with Crippen LogP contribution in [0.25, 0.3) is 0 Å². The lowest BCUT2D eigenvalue weighted by Gasteiger charge is -2.32. The van der Waals surface area contributed by atoms with Crippen LogP contribution in [0.2, 0.25) is 0 Å². The van der Waals surface area contributed by atoms with E-state index in [2.05, 4.69) is 6.07 Å². The number of carbonyl (C=O) groups excluding carboxylic acids is 2. The van der Waals surface area contributed by atoms with Gasteiger partial charge in [-0.2, -0.15) is 5.26 Å². The van der Waals surface area contributed by atoms with Gasteiger partial charge in [0.1, 0.15) is 17.6 Å². The van der Waals surface area contributed by atoms with Crippen molar-refractivity contribution in [3.63, 3.8) is 0 Å². The number of nitrogens with zero attached hydrogens (tertiary/aromatic N) is 2. The molecule has 1 saturated heterocycles. The predicted octanol–water partition coefficient (Wildman–Crippen LogP) is 3.83. The molecule has 1 amide bonds. The molecule has 2 aliphatic rings. The first-order valence-corrected chi connectivity index (χ1v) is 11.3. The number of fused-ring (bicyclic) bond motifs is 1. The van der Waals surface area contributed by atoms with Crippen LogP contribution < -0.4 is 4.74 Å². The molecule has 4 rings (SSSR count). The summed E-state index contributed by atoms with van der Waals surface area (Å²) >= 11 is 0. The van der Waals surface area contributed by atoms with Crippen molar-refractivity contribution in [1.82, 2.24) is 4.90 Å². The number of aryl methyl sites for hydroxylation is 1. The van der Waals surface area contributed by atoms with E-state index in [9.17, 15) is 14.0 Å². The van der Waals surface area contributed by atoms with Gasteiger partial charge in [0.25, 0.3) is 0 Å². The molecule has 0 aromatic heterocycles. The van der Waals surface area contributed by atoms with E-state index >= 15 is 0 Å². The molecule has 0 unspecified atom stereocenters. The van der Waals surface area contributed by atoms with E-state index in [1.165, 1.54) is 18.7 Å². The number of rotatable bonds is 6. The Morgan fingerprint density at radius 3 is 2.79 bits per heavy atom. The zero-order valence-electron chi connectivity index (χ0n) is 18.7. The number of benzene rings is 2. The molecule has 1 fully saturated rings. The summed E-state index contributed by atoms with van der Waals surface area (Å²) in [5.74, 6) is -0.102. The summed E-state index contributed by atoms with van der Waals surface area (Å²) in [6.45, 7) is 1.77. The fraction of sp³-hybridized carbons (Fsp3) is 0.423. The van der Waals surface area contributed by atoms with Gasteiger partial charge in [-0.15, -0.1) is 0 Å². The Morgan fingerprint density at radius 2 is 2.06 bits per heavy atom. The highest BCUT2D eigenvalue weighted by Gasteiger charge is 2.24. The van der Waals surface area contributed by atoms with Gasteiger partial charge in [0, 0.05) is 25.1 Å². The number of hydrogen-bond acceptors (Lipinski definition) is 5. The van der Waals surface area contributed by atoms with Gasteiger partial charge in [0.05, 0.1) is 31.3 Å². The van der Waals surface area contributed by atoms with Crippen molar-refractivity contribution in [3.05, 3.63) is 64.0 Å². The normalized spacial score (nSPS) is 16.0. The zero-order chi connectivity index (χ0) is 23.4. The Hall–Kier alpha value is -3.40. The molecular weight excluding hydrogens is 423 g/mol. The van der Waals surface area contributed by atoms with Crippen LogP contribution in [0.15, 0.2) is 30.3 Å². The van der Waals surface area contributed by atoms with E-state index < -0.39 is 5.82 Å². The van der Waals surface area contributed by atoms with Crippen LogP contribution in [-0.2, 0) is 28.8 Å². The standard InChI is InChI=1S/C26H27FN2O4/c1-32-24-14-20(23(27)13-21(24)16-28)15-25(30)29-9-6-17(7-10-29)2-3-18-4-5-22-19(12-18)8-11-33-26(22)31/h4-5,12-14,17H,2-3,6-11,15H2,1H3. The quantitative estimate of drug-likeness (QED) is 0.625. The number of carbonyl (C=O) groups is 2. The number of esters is 1. The van der Waals surface area contributed by atoms with Crippen molar-refractivity contribution < 1.29 is 23.5 Å². The second-order valence-electron chi connectivity index (χ2n) is 8.67. The Bertz CT molecular complexity index is 1100. The van der Waals surface area contributed by atoms with Crippen LogP contribution in [0.1, 0.15) is 51.9 Å². The lowest BCUT2D eigenvalue weighted by molar-refractivity contribution is -0.131. The third kappa shape index (κ3) is 5.16. The van der Waals surface area contributed by atoms with E-state index in [4.69, 9.17) is 14.7 Å². The van der Waals surface area contributed by atoms with Crippen LogP contribution in [0.3, 0.4) is 0 Å². The minimum Gasteiger partial charge on any atom is -0.495 e. The third-order valence-corrected chi connectivity index (χ3v) is 6.63. The van der Waals surface area contributed by atoms with Crippen molar-refractivity contribution in [2.24, 2.45) is 5.92 Å². The number of ether oxygens (including phenoxy) is 2. The molecule has 172 valence electrons. The molecule has 7 heteroatoms. The van der Waals surface area contributed by atoms with Crippen LogP contribution in [0, 0.1) is 23.1 Å². The minimum atomic E-state index is -0.561. The summed E-state index contributed by atoms with van der Waals surface area (Å²) in [5, 5.41) is 9.06. The van der Waals surface area contributed by atoms with E-state index in [1.807, 2.05) is 18.2 Å². The summed E-state index contributed by atoms with van der Waals surface area (Å²) < 4.78 is 24.5. The van der Waals surface area contributed by atoms with E-state index in [0.29, 0.717) is 31.2 Å². The molecule has 6 nitrogen and oxygen atoms in total. The average Bonchev–Trinajstić information content (AvgIpc) is 2.84. The largest absolute Gasteiger partial charge is 0.495 e. The highest BCUT2D eigenvalue weighted by molar-refractivity contribution is 5.92. The molecule has 0 bridgehead atoms. The lowest BCUT2D eigenvalue weighted by Crippen LogP contribution is -2.39. The van der Waals surface area contributed by atoms with Gasteiger partial charge >= 0.3 is 5.97 Å². The monoisotopic (exact) mass is 450 g/mol. The minimum absolute atomic E-state index is 0.0455. The van der Waals surface area contributed by atoms with Crippen LogP contribution in [0.4, 0.5) is 4.39 Å². The number of hydrogen-bond donors (Lipinski definition) is 0. The molecule has 0 saturated carbocycles. The second-order valence-corrected chi connectivity index (χ2v) is 8.67. The van der Waals surface area contributed by atoms with Gasteiger partial charge < -0.3 is 14.4 Å². The van der Waals surface area contributed by atoms with Gasteiger partial charge in [0.15, 0.2) is 0 Å². The van der Waals surface area contributed by atoms with Crippen molar-refractivity contribution in [1.29, 1.82) is 5.26 Å². The molecule has 0 atom stereocenters. The maximum atomic E-state index is 14.3. The highest BCUT2D eigenvalue weighted by Crippen LogP contribution is 2.26. The number of halogens is 1. The number of likely N-dealkylation sites (tertiary alicyclic amines) is 1. The predicted molar refractivity (Wildman–Crippen MR) is 119 cm³/mol. The summed E-state index contributed by atoms with van der Waals surface area (Å²) in [6, 6.07) is 10.4. The van der Waals surface area contributed by atoms with Crippen LogP contribution in [0.5, 0.6) is 5.75 Å². The first-order chi connectivity index (χ1) is 16.0. The topological polar surface area (TPSA) is 79.6 Å². The Labute approximate surface area is 192 Å². The average molecular weight is 451 g/mol. The smallest absolute Gasteiger partial charge is 0.338 e. The maximum Gasteiger partial charge on any atom is 0.338 e. The molecule has 33 heavy (non-hydrogen) atoms. The molecule has 2 aliphatic heterocycles. The molecule has 2 heterocycles. The molecule has 0 spiro atoms. The van der Waals surface area contributed by atoms with Crippen LogP contribution >= 0.6 is 0 Å². The number of piperidine rings is 1. The fourth-order valence-electron chi connectivity index (χ4n) is 4.64. The van der Waals surface area contributed by atoms with E-state index in [0.717, 1.165) is 43.7 Å². The lowest BCUT2D eigenvalue weighted by atomic mass is 9.89. The van der Waals surface area contributed by atoms with Gasteiger partial charge in [0.2, 0.25) is 5.91 Å². The summed E-state index contributed by atoms with van der Waals surface area (Å²) in [4.78, 5) is 26.3. The van der Waals surface area contributed by atoms with E-state index in [-0.39, 0.29) is 35.2 Å². The summed E-state index contributed by atoms with van der Waals surface area (Å²) in [6.07, 6.45) is 4.53. The van der Waals surface area contributed by atoms with Crippen molar-refractivity contribution in [2.45, 2.75) is 38.5 Å². The molecule has 0 N–H and O–H groups in total. The van der Waals surface area contributed by atoms with Gasteiger partial charge in [-0.05, 0) is 60.9 Å². The number of methoxy groups -OCH3 is 1. The van der Waals surface area contributed by atoms with Crippen molar-refractivity contribution in [3.8, 4) is 11.8 Å². The van der Waals surface area contributed by atoms with E-state index in [1.54, 1.807) is 4.90 Å². The van der Waals surface area contributed by atoms with Gasteiger partial charge in [-0.1, -0.05) is 12.1 Å². The van der Waals surface area contributed by atoms with Crippen molar-refractivity contribution in [2.75, 3.05) is 26.8 Å². The molecule has 0 radical (unpaired) electrons. The van der Waals surface area contributed by atoms with Crippen LogP contribution in [-0.4, -0.2) is 43.6 Å². The highest BCUT2D eigenvalue weighted by atomic mass is 19.1. The first kappa shape index (κ1) is 22.8. The summed E-state index contributed by atoms with van der Waals surface area (Å²) in [5.41, 5.74) is 3.33. The summed E-state index contributed by atoms with van der Waals surface area (Å²) in [7, 11) is 1.42. The number of amides is 1. The molecular formula is C26H27FN2O4. The van der Waals surface area contributed by atoms with Gasteiger partial charge in [-0.3, -0.25) is 4.79 Å². The number of nitriles is 1.